The lowest BCUT2D eigenvalue weighted by atomic mass is 10.1. The summed E-state index contributed by atoms with van der Waals surface area (Å²) in [6.07, 6.45) is 1.22. The minimum absolute atomic E-state index is 0.0757. The van der Waals surface area contributed by atoms with Gasteiger partial charge in [0.05, 0.1) is 12.2 Å². The van der Waals surface area contributed by atoms with Crippen molar-refractivity contribution in [2.45, 2.75) is 26.3 Å². The molecule has 0 unspecified atom stereocenters. The highest BCUT2D eigenvalue weighted by atomic mass is 16.2. The molecule has 1 aromatic carbocycles. The molecule has 0 spiro atoms. The molecule has 0 radical (unpaired) electrons. The van der Waals surface area contributed by atoms with E-state index in [4.69, 9.17) is 0 Å². The smallest absolute Gasteiger partial charge is 0.266 e. The van der Waals surface area contributed by atoms with Crippen molar-refractivity contribution in [2.24, 2.45) is 0 Å². The van der Waals surface area contributed by atoms with E-state index in [1.807, 2.05) is 31.1 Å². The van der Waals surface area contributed by atoms with E-state index in [0.717, 1.165) is 24.2 Å². The molecule has 1 N–H and O–H groups in total. The highest BCUT2D eigenvalue weighted by Crippen LogP contribution is 2.16. The molecule has 0 saturated heterocycles. The molecule has 0 aliphatic carbocycles. The van der Waals surface area contributed by atoms with Crippen LogP contribution in [0.15, 0.2) is 41.2 Å². The van der Waals surface area contributed by atoms with Crippen LogP contribution in [0.4, 0.5) is 0 Å². The number of hydrogen-bond acceptors (Lipinski definition) is 4. The number of hydrogen-bond donors (Lipinski definition) is 1. The Morgan fingerprint density at radius 2 is 1.88 bits per heavy atom. The first-order valence-corrected chi connectivity index (χ1v) is 8.58. The fraction of sp³-hybridized carbons (Fsp3) is 0.421. The van der Waals surface area contributed by atoms with Gasteiger partial charge in [-0.25, -0.2) is 4.68 Å². The SMILES string of the molecule is CCc1ccc(-c2ccc(=O)n(CCC(=O)NCCN(C)C)n2)cc1. The predicted molar refractivity (Wildman–Crippen MR) is 99.5 cm³/mol. The summed E-state index contributed by atoms with van der Waals surface area (Å²) in [5.74, 6) is -0.0757. The van der Waals surface area contributed by atoms with Crippen molar-refractivity contribution < 1.29 is 4.79 Å². The van der Waals surface area contributed by atoms with Crippen LogP contribution in [0, 0.1) is 0 Å². The van der Waals surface area contributed by atoms with Crippen LogP contribution >= 0.6 is 0 Å². The van der Waals surface area contributed by atoms with E-state index < -0.39 is 0 Å². The van der Waals surface area contributed by atoms with Crippen LogP contribution in [-0.4, -0.2) is 47.8 Å². The quantitative estimate of drug-likeness (QED) is 0.790. The van der Waals surface area contributed by atoms with Crippen molar-refractivity contribution in [1.82, 2.24) is 20.0 Å². The maximum atomic E-state index is 12.0. The Balaban J connectivity index is 2.01. The number of nitrogens with zero attached hydrogens (tertiary/aromatic N) is 3. The summed E-state index contributed by atoms with van der Waals surface area (Å²) in [6, 6.07) is 11.3. The lowest BCUT2D eigenvalue weighted by molar-refractivity contribution is -0.121. The number of aryl methyl sites for hydroxylation is 2. The predicted octanol–water partition coefficient (Wildman–Crippen LogP) is 1.54. The topological polar surface area (TPSA) is 67.2 Å². The minimum Gasteiger partial charge on any atom is -0.355 e. The Bertz CT molecular complexity index is 751. The Morgan fingerprint density at radius 3 is 2.52 bits per heavy atom. The van der Waals surface area contributed by atoms with Gasteiger partial charge in [0.25, 0.3) is 5.56 Å². The first-order chi connectivity index (χ1) is 12.0. The molecule has 1 aromatic heterocycles. The van der Waals surface area contributed by atoms with Crippen LogP contribution in [0.5, 0.6) is 0 Å². The lowest BCUT2D eigenvalue weighted by Crippen LogP contribution is -2.33. The number of carbonyl (C=O) groups excluding carboxylic acids is 1. The van der Waals surface area contributed by atoms with E-state index >= 15 is 0 Å². The van der Waals surface area contributed by atoms with Gasteiger partial charge in [0.15, 0.2) is 0 Å². The third kappa shape index (κ3) is 5.83. The second-order valence-electron chi connectivity index (χ2n) is 6.23. The van der Waals surface area contributed by atoms with Gasteiger partial charge in [-0.3, -0.25) is 9.59 Å². The number of rotatable bonds is 8. The van der Waals surface area contributed by atoms with Gasteiger partial charge in [0.1, 0.15) is 0 Å². The summed E-state index contributed by atoms with van der Waals surface area (Å²) >= 11 is 0. The number of carbonyl (C=O) groups is 1. The fourth-order valence-corrected chi connectivity index (χ4v) is 2.39. The summed E-state index contributed by atoms with van der Waals surface area (Å²) in [4.78, 5) is 25.8. The molecule has 0 aliphatic heterocycles. The van der Waals surface area contributed by atoms with Gasteiger partial charge < -0.3 is 10.2 Å². The molecular formula is C19H26N4O2. The molecule has 6 nitrogen and oxygen atoms in total. The zero-order valence-electron chi connectivity index (χ0n) is 15.2. The van der Waals surface area contributed by atoms with Gasteiger partial charge in [-0.2, -0.15) is 5.10 Å². The molecule has 134 valence electrons. The normalized spacial score (nSPS) is 10.9. The van der Waals surface area contributed by atoms with Crippen molar-refractivity contribution >= 4 is 5.91 Å². The average Bonchev–Trinajstić information content (AvgIpc) is 2.61. The molecule has 6 heteroatoms. The van der Waals surface area contributed by atoms with Crippen molar-refractivity contribution in [2.75, 3.05) is 27.2 Å². The third-order valence-electron chi connectivity index (χ3n) is 3.96. The molecular weight excluding hydrogens is 316 g/mol. The molecule has 2 aromatic rings. The van der Waals surface area contributed by atoms with Gasteiger partial charge in [-0.15, -0.1) is 0 Å². The molecule has 0 saturated carbocycles. The first-order valence-electron chi connectivity index (χ1n) is 8.58. The van der Waals surface area contributed by atoms with Crippen molar-refractivity contribution in [1.29, 1.82) is 0 Å². The van der Waals surface area contributed by atoms with Crippen molar-refractivity contribution in [3.63, 3.8) is 0 Å². The number of likely N-dealkylation sites (N-methyl/N-ethyl adjacent to an activating group) is 1. The lowest BCUT2D eigenvalue weighted by Gasteiger charge is -2.11. The molecule has 0 fully saturated rings. The Hall–Kier alpha value is -2.47. The van der Waals surface area contributed by atoms with E-state index in [1.165, 1.54) is 16.3 Å². The third-order valence-corrected chi connectivity index (χ3v) is 3.96. The summed E-state index contributed by atoms with van der Waals surface area (Å²) in [5, 5.41) is 7.23. The number of nitrogens with one attached hydrogen (secondary N) is 1. The Kier molecular flexibility index (Phi) is 6.89. The van der Waals surface area contributed by atoms with Crippen LogP contribution in [0.2, 0.25) is 0 Å². The summed E-state index contributed by atoms with van der Waals surface area (Å²) < 4.78 is 1.36. The monoisotopic (exact) mass is 342 g/mol. The van der Waals surface area contributed by atoms with Crippen LogP contribution in [0.25, 0.3) is 11.3 Å². The Morgan fingerprint density at radius 1 is 1.16 bits per heavy atom. The molecule has 0 aliphatic rings. The van der Waals surface area contributed by atoms with Gasteiger partial charge in [-0.1, -0.05) is 31.2 Å². The number of amides is 1. The molecule has 2 rings (SSSR count). The van der Waals surface area contributed by atoms with Crippen molar-refractivity contribution in [3.05, 3.63) is 52.3 Å². The van der Waals surface area contributed by atoms with Crippen LogP contribution in [0.1, 0.15) is 18.9 Å². The second kappa shape index (κ2) is 9.13. The fourth-order valence-electron chi connectivity index (χ4n) is 2.39. The van der Waals surface area contributed by atoms with Gasteiger partial charge >= 0.3 is 0 Å². The summed E-state index contributed by atoms with van der Waals surface area (Å²) in [7, 11) is 3.91. The van der Waals surface area contributed by atoms with Gasteiger partial charge in [0, 0.05) is 31.1 Å². The van der Waals surface area contributed by atoms with Crippen LogP contribution < -0.4 is 10.9 Å². The zero-order chi connectivity index (χ0) is 18.2. The zero-order valence-corrected chi connectivity index (χ0v) is 15.2. The van der Waals surface area contributed by atoms with Crippen LogP contribution in [0.3, 0.4) is 0 Å². The second-order valence-corrected chi connectivity index (χ2v) is 6.23. The van der Waals surface area contributed by atoms with Crippen molar-refractivity contribution in [3.8, 4) is 11.3 Å². The maximum Gasteiger partial charge on any atom is 0.266 e. The van der Waals surface area contributed by atoms with E-state index in [0.29, 0.717) is 6.54 Å². The average molecular weight is 342 g/mol. The van der Waals surface area contributed by atoms with Gasteiger partial charge in [0.2, 0.25) is 5.91 Å². The van der Waals surface area contributed by atoms with E-state index in [2.05, 4.69) is 29.5 Å². The first kappa shape index (κ1) is 18.9. The minimum atomic E-state index is -0.199. The maximum absolute atomic E-state index is 12.0. The Labute approximate surface area is 148 Å². The number of benzene rings is 1. The molecule has 25 heavy (non-hydrogen) atoms. The van der Waals surface area contributed by atoms with E-state index in [9.17, 15) is 9.59 Å². The van der Waals surface area contributed by atoms with Gasteiger partial charge in [-0.05, 0) is 32.1 Å². The number of aromatic nitrogens is 2. The molecule has 0 atom stereocenters. The van der Waals surface area contributed by atoms with E-state index in [1.54, 1.807) is 6.07 Å². The molecule has 0 bridgehead atoms. The summed E-state index contributed by atoms with van der Waals surface area (Å²) in [6.45, 7) is 3.76. The molecule has 1 heterocycles. The standard InChI is InChI=1S/C19H26N4O2/c1-4-15-5-7-16(8-6-15)17-9-10-19(25)23(21-17)13-11-18(24)20-12-14-22(2)3/h5-10H,4,11-14H2,1-3H3,(H,20,24). The largest absolute Gasteiger partial charge is 0.355 e. The van der Waals surface area contributed by atoms with E-state index in [-0.39, 0.29) is 24.4 Å². The highest BCUT2D eigenvalue weighted by Gasteiger charge is 2.06. The highest BCUT2D eigenvalue weighted by molar-refractivity contribution is 5.75. The summed E-state index contributed by atoms with van der Waals surface area (Å²) in [5.41, 5.74) is 2.75. The molecule has 1 amide bonds. The van der Waals surface area contributed by atoms with Crippen LogP contribution in [-0.2, 0) is 17.8 Å².